The second kappa shape index (κ2) is 6.39. The number of halogens is 1. The molecule has 5 heteroatoms. The third kappa shape index (κ3) is 4.69. The summed E-state index contributed by atoms with van der Waals surface area (Å²) < 4.78 is 5.12. The summed E-state index contributed by atoms with van der Waals surface area (Å²) in [7, 11) is 0. The average molecular weight is 240 g/mol. The molecule has 0 atom stereocenters. The van der Waals surface area contributed by atoms with E-state index in [0.29, 0.717) is 6.54 Å². The summed E-state index contributed by atoms with van der Waals surface area (Å²) in [6.07, 6.45) is 0.236. The predicted octanol–water partition coefficient (Wildman–Crippen LogP) is 0.371. The maximum atomic E-state index is 10.2. The van der Waals surface area contributed by atoms with Gasteiger partial charge in [-0.1, -0.05) is 0 Å². The summed E-state index contributed by atoms with van der Waals surface area (Å²) in [5.74, 6) is -0.725. The number of morpholine rings is 1. The van der Waals surface area contributed by atoms with Gasteiger partial charge in [0.1, 0.15) is 0 Å². The molecule has 1 heterocycles. The van der Waals surface area contributed by atoms with Crippen LogP contribution in [0.5, 0.6) is 0 Å². The standard InChI is InChI=1S/C7H13NO3.BrH/c9-7(10)1-2-8-3-5-11-6-4-8;/h1-6H2,(H,9,10);1H. The van der Waals surface area contributed by atoms with Gasteiger partial charge in [0.05, 0.1) is 19.6 Å². The van der Waals surface area contributed by atoms with E-state index in [9.17, 15) is 4.79 Å². The molecule has 1 saturated heterocycles. The van der Waals surface area contributed by atoms with E-state index >= 15 is 0 Å². The first kappa shape index (κ1) is 11.9. The van der Waals surface area contributed by atoms with Crippen LogP contribution in [0, 0.1) is 0 Å². The third-order valence-electron chi connectivity index (χ3n) is 1.75. The minimum atomic E-state index is -0.725. The Kier molecular flexibility index (Phi) is 6.32. The van der Waals surface area contributed by atoms with Gasteiger partial charge in [0.25, 0.3) is 0 Å². The summed E-state index contributed by atoms with van der Waals surface area (Å²) in [4.78, 5) is 12.3. The minimum Gasteiger partial charge on any atom is -0.481 e. The van der Waals surface area contributed by atoms with Crippen molar-refractivity contribution in [3.05, 3.63) is 0 Å². The second-order valence-electron chi connectivity index (χ2n) is 2.60. The van der Waals surface area contributed by atoms with E-state index < -0.39 is 5.97 Å². The molecule has 0 aliphatic carbocycles. The Morgan fingerprint density at radius 2 is 2.00 bits per heavy atom. The fourth-order valence-electron chi connectivity index (χ4n) is 1.08. The SMILES string of the molecule is Br.O=C(O)CCN1CCOCC1. The van der Waals surface area contributed by atoms with Gasteiger partial charge in [0.15, 0.2) is 0 Å². The van der Waals surface area contributed by atoms with Crippen LogP contribution < -0.4 is 0 Å². The first-order valence-electron chi connectivity index (χ1n) is 3.81. The summed E-state index contributed by atoms with van der Waals surface area (Å²) in [5, 5.41) is 8.39. The Bertz CT molecular complexity index is 137. The number of rotatable bonds is 3. The van der Waals surface area contributed by atoms with Crippen molar-refractivity contribution in [3.8, 4) is 0 Å². The van der Waals surface area contributed by atoms with E-state index in [0.717, 1.165) is 26.3 Å². The van der Waals surface area contributed by atoms with Crippen molar-refractivity contribution in [2.75, 3.05) is 32.8 Å². The fraction of sp³-hybridized carbons (Fsp3) is 0.857. The van der Waals surface area contributed by atoms with Crippen LogP contribution in [0.2, 0.25) is 0 Å². The molecule has 1 rings (SSSR count). The van der Waals surface area contributed by atoms with Crippen molar-refractivity contribution in [2.45, 2.75) is 6.42 Å². The van der Waals surface area contributed by atoms with Crippen molar-refractivity contribution in [2.24, 2.45) is 0 Å². The second-order valence-corrected chi connectivity index (χ2v) is 2.60. The minimum absolute atomic E-state index is 0. The molecular weight excluding hydrogens is 226 g/mol. The number of ether oxygens (including phenoxy) is 1. The van der Waals surface area contributed by atoms with Crippen molar-refractivity contribution in [3.63, 3.8) is 0 Å². The van der Waals surface area contributed by atoms with Gasteiger partial charge in [-0.3, -0.25) is 9.69 Å². The predicted molar refractivity (Wildman–Crippen MR) is 49.8 cm³/mol. The van der Waals surface area contributed by atoms with Gasteiger partial charge in [-0.25, -0.2) is 0 Å². The number of hydrogen-bond donors (Lipinski definition) is 1. The summed E-state index contributed by atoms with van der Waals surface area (Å²) >= 11 is 0. The van der Waals surface area contributed by atoms with E-state index in [-0.39, 0.29) is 23.4 Å². The van der Waals surface area contributed by atoms with Crippen molar-refractivity contribution in [1.82, 2.24) is 4.90 Å². The number of nitrogens with zero attached hydrogens (tertiary/aromatic N) is 1. The molecule has 0 spiro atoms. The summed E-state index contributed by atoms with van der Waals surface area (Å²) in [6.45, 7) is 3.86. The molecule has 0 amide bonds. The van der Waals surface area contributed by atoms with Gasteiger partial charge in [-0.05, 0) is 0 Å². The van der Waals surface area contributed by atoms with Crippen molar-refractivity contribution >= 4 is 23.0 Å². The van der Waals surface area contributed by atoms with E-state index in [4.69, 9.17) is 9.84 Å². The highest BCUT2D eigenvalue weighted by Gasteiger charge is 2.10. The summed E-state index contributed by atoms with van der Waals surface area (Å²) in [6, 6.07) is 0. The number of aliphatic carboxylic acids is 1. The van der Waals surface area contributed by atoms with Crippen LogP contribution >= 0.6 is 17.0 Å². The van der Waals surface area contributed by atoms with Gasteiger partial charge >= 0.3 is 5.97 Å². The fourth-order valence-corrected chi connectivity index (χ4v) is 1.08. The molecule has 1 fully saturated rings. The third-order valence-corrected chi connectivity index (χ3v) is 1.75. The quantitative estimate of drug-likeness (QED) is 0.774. The molecule has 0 radical (unpaired) electrons. The van der Waals surface area contributed by atoms with Gasteiger partial charge in [0, 0.05) is 19.6 Å². The molecule has 1 aliphatic rings. The average Bonchev–Trinajstić information content (AvgIpc) is 2.03. The highest BCUT2D eigenvalue weighted by molar-refractivity contribution is 8.93. The Morgan fingerprint density at radius 1 is 1.42 bits per heavy atom. The molecule has 0 saturated carbocycles. The van der Waals surface area contributed by atoms with Gasteiger partial charge < -0.3 is 9.84 Å². The lowest BCUT2D eigenvalue weighted by atomic mass is 10.3. The maximum absolute atomic E-state index is 10.2. The lowest BCUT2D eigenvalue weighted by molar-refractivity contribution is -0.137. The normalized spacial score (nSPS) is 18.3. The van der Waals surface area contributed by atoms with Crippen LogP contribution in [0.15, 0.2) is 0 Å². The van der Waals surface area contributed by atoms with Gasteiger partial charge in [-0.15, -0.1) is 17.0 Å². The van der Waals surface area contributed by atoms with Crippen LogP contribution in [-0.4, -0.2) is 48.8 Å². The molecular formula is C7H14BrNO3. The Hall–Kier alpha value is -0.130. The molecule has 12 heavy (non-hydrogen) atoms. The van der Waals surface area contributed by atoms with Crippen LogP contribution in [0.3, 0.4) is 0 Å². The zero-order valence-corrected chi connectivity index (χ0v) is 8.57. The van der Waals surface area contributed by atoms with Crippen LogP contribution in [0.1, 0.15) is 6.42 Å². The molecule has 1 N–H and O–H groups in total. The molecule has 0 aromatic carbocycles. The molecule has 0 aromatic rings. The monoisotopic (exact) mass is 239 g/mol. The number of carboxylic acids is 1. The Balaban J connectivity index is 0.00000121. The maximum Gasteiger partial charge on any atom is 0.304 e. The largest absolute Gasteiger partial charge is 0.481 e. The molecule has 0 unspecified atom stereocenters. The first-order valence-corrected chi connectivity index (χ1v) is 3.81. The molecule has 1 aliphatic heterocycles. The van der Waals surface area contributed by atoms with Gasteiger partial charge in [-0.2, -0.15) is 0 Å². The molecule has 0 bridgehead atoms. The zero-order valence-electron chi connectivity index (χ0n) is 6.86. The Labute approximate surface area is 82.3 Å². The highest BCUT2D eigenvalue weighted by atomic mass is 79.9. The molecule has 0 aromatic heterocycles. The number of carbonyl (C=O) groups is 1. The van der Waals surface area contributed by atoms with E-state index in [1.807, 2.05) is 0 Å². The lowest BCUT2D eigenvalue weighted by Gasteiger charge is -2.25. The van der Waals surface area contributed by atoms with Crippen LogP contribution in [0.25, 0.3) is 0 Å². The number of hydrogen-bond acceptors (Lipinski definition) is 3. The lowest BCUT2D eigenvalue weighted by Crippen LogP contribution is -2.37. The number of carboxylic acid groups (broad SMARTS) is 1. The van der Waals surface area contributed by atoms with Gasteiger partial charge in [0.2, 0.25) is 0 Å². The summed E-state index contributed by atoms with van der Waals surface area (Å²) in [5.41, 5.74) is 0. The molecule has 4 nitrogen and oxygen atoms in total. The van der Waals surface area contributed by atoms with E-state index in [1.165, 1.54) is 0 Å². The van der Waals surface area contributed by atoms with Crippen molar-refractivity contribution in [1.29, 1.82) is 0 Å². The van der Waals surface area contributed by atoms with Crippen LogP contribution in [-0.2, 0) is 9.53 Å². The smallest absolute Gasteiger partial charge is 0.304 e. The highest BCUT2D eigenvalue weighted by Crippen LogP contribution is 1.97. The molecule has 72 valence electrons. The van der Waals surface area contributed by atoms with E-state index in [2.05, 4.69) is 4.90 Å². The topological polar surface area (TPSA) is 49.8 Å². The Morgan fingerprint density at radius 3 is 2.50 bits per heavy atom. The first-order chi connectivity index (χ1) is 5.29. The van der Waals surface area contributed by atoms with E-state index in [1.54, 1.807) is 0 Å². The zero-order chi connectivity index (χ0) is 8.10. The van der Waals surface area contributed by atoms with Crippen LogP contribution in [0.4, 0.5) is 0 Å². The van der Waals surface area contributed by atoms with Crippen molar-refractivity contribution < 1.29 is 14.6 Å².